The van der Waals surface area contributed by atoms with Crippen LogP contribution in [0.1, 0.15) is 76.8 Å². The molecule has 3 saturated heterocycles. The number of imide groups is 1. The van der Waals surface area contributed by atoms with E-state index in [0.29, 0.717) is 35.3 Å². The summed E-state index contributed by atoms with van der Waals surface area (Å²) in [6, 6.07) is 24.0. The number of aryl methyl sites for hydroxylation is 1. The van der Waals surface area contributed by atoms with Gasteiger partial charge in [0, 0.05) is 75.6 Å². The second kappa shape index (κ2) is 15.1. The molecule has 5 aromatic rings. The Morgan fingerprint density at radius 3 is 2.36 bits per heavy atom. The second-order valence-corrected chi connectivity index (χ2v) is 16.3. The molecule has 2 N–H and O–H groups in total. The minimum atomic E-state index is -0.601. The minimum absolute atomic E-state index is 0.137. The quantitative estimate of drug-likeness (QED) is 0.203. The predicted octanol–water partition coefficient (Wildman–Crippen LogP) is 5.59. The number of piperidine rings is 2. The normalized spacial score (nSPS) is 20.7. The van der Waals surface area contributed by atoms with E-state index in [-0.39, 0.29) is 24.1 Å². The van der Waals surface area contributed by atoms with Gasteiger partial charge < -0.3 is 14.7 Å². The van der Waals surface area contributed by atoms with Gasteiger partial charge in [-0.05, 0) is 109 Å². The molecule has 5 aliphatic rings. The number of benzene rings is 3. The highest BCUT2D eigenvalue weighted by Crippen LogP contribution is 2.42. The van der Waals surface area contributed by atoms with Gasteiger partial charge in [-0.1, -0.05) is 36.4 Å². The molecule has 0 radical (unpaired) electrons. The number of fused-ring (bicyclic) bond motifs is 4. The van der Waals surface area contributed by atoms with Gasteiger partial charge >= 0.3 is 0 Å². The summed E-state index contributed by atoms with van der Waals surface area (Å²) in [5.74, 6) is 0.244. The average molecular weight is 780 g/mol. The van der Waals surface area contributed by atoms with E-state index < -0.39 is 12.0 Å². The predicted molar refractivity (Wildman–Crippen MR) is 219 cm³/mol. The van der Waals surface area contributed by atoms with E-state index in [1.54, 1.807) is 4.90 Å². The molecule has 1 aliphatic carbocycles. The van der Waals surface area contributed by atoms with Crippen LogP contribution >= 0.6 is 0 Å². The maximum atomic E-state index is 15.0. The van der Waals surface area contributed by atoms with Crippen LogP contribution in [-0.4, -0.2) is 99.8 Å². The molecule has 3 fully saturated rings. The molecule has 0 saturated carbocycles. The molecule has 10 rings (SSSR count). The van der Waals surface area contributed by atoms with E-state index in [2.05, 4.69) is 78.7 Å². The van der Waals surface area contributed by atoms with E-state index in [1.807, 2.05) is 24.3 Å². The van der Waals surface area contributed by atoms with Crippen molar-refractivity contribution in [1.29, 1.82) is 0 Å². The van der Waals surface area contributed by atoms with Gasteiger partial charge in [-0.15, -0.1) is 15.3 Å². The lowest BCUT2D eigenvalue weighted by atomic mass is 9.89. The molecule has 12 nitrogen and oxygen atoms in total. The molecular formula is C45H46FN9O3. The number of hydrogen-bond donors (Lipinski definition) is 2. The molecule has 1 atom stereocenters. The lowest BCUT2D eigenvalue weighted by molar-refractivity contribution is -0.136. The number of aromatic amines is 1. The summed E-state index contributed by atoms with van der Waals surface area (Å²) < 4.78 is 15.0. The van der Waals surface area contributed by atoms with E-state index >= 15 is 4.39 Å². The Bertz CT molecular complexity index is 2430. The van der Waals surface area contributed by atoms with Crippen LogP contribution < -0.4 is 15.1 Å². The third-order valence-electron chi connectivity index (χ3n) is 12.9. The first-order valence-electron chi connectivity index (χ1n) is 20.7. The Morgan fingerprint density at radius 2 is 1.59 bits per heavy atom. The molecule has 58 heavy (non-hydrogen) atoms. The van der Waals surface area contributed by atoms with Crippen molar-refractivity contribution >= 4 is 51.3 Å². The first kappa shape index (κ1) is 36.4. The van der Waals surface area contributed by atoms with Gasteiger partial charge in [-0.2, -0.15) is 4.39 Å². The van der Waals surface area contributed by atoms with Crippen molar-refractivity contribution in [1.82, 2.24) is 35.5 Å². The molecule has 13 heteroatoms. The molecule has 0 unspecified atom stereocenters. The van der Waals surface area contributed by atoms with E-state index in [0.717, 1.165) is 123 Å². The number of piperazine rings is 1. The average Bonchev–Trinajstić information content (AvgIpc) is 3.72. The van der Waals surface area contributed by atoms with E-state index in [9.17, 15) is 14.4 Å². The van der Waals surface area contributed by atoms with Crippen molar-refractivity contribution in [2.75, 3.05) is 55.6 Å². The number of anilines is 2. The number of aromatic nitrogens is 4. The largest absolute Gasteiger partial charge is 0.369 e. The molecule has 296 valence electrons. The van der Waals surface area contributed by atoms with Crippen molar-refractivity contribution in [3.63, 3.8) is 0 Å². The fourth-order valence-electron chi connectivity index (χ4n) is 9.87. The molecule has 6 heterocycles. The van der Waals surface area contributed by atoms with Crippen LogP contribution in [-0.2, 0) is 22.6 Å². The highest BCUT2D eigenvalue weighted by molar-refractivity contribution is 6.06. The Labute approximate surface area is 336 Å². The summed E-state index contributed by atoms with van der Waals surface area (Å²) in [6.07, 6.45) is 5.31. The summed E-state index contributed by atoms with van der Waals surface area (Å²) >= 11 is 0. The minimum Gasteiger partial charge on any atom is -0.369 e. The maximum Gasteiger partial charge on any atom is 0.255 e. The summed E-state index contributed by atoms with van der Waals surface area (Å²) in [5, 5.41) is 19.3. The number of nitrogens with one attached hydrogen (secondary N) is 2. The van der Waals surface area contributed by atoms with Gasteiger partial charge in [0.2, 0.25) is 17.8 Å². The number of nitrogens with zero attached hydrogens (tertiary/aromatic N) is 7. The number of hydrogen-bond acceptors (Lipinski definition) is 9. The fraction of sp³-hybridized carbons (Fsp3) is 0.378. The van der Waals surface area contributed by atoms with Gasteiger partial charge in [-0.25, -0.2) is 0 Å². The number of allylic oxidation sites excluding steroid dienone is 1. The summed E-state index contributed by atoms with van der Waals surface area (Å²) in [6.45, 7) is 7.12. The summed E-state index contributed by atoms with van der Waals surface area (Å²) in [5.41, 5.74) is 9.54. The third kappa shape index (κ3) is 6.70. The first-order chi connectivity index (χ1) is 28.4. The number of rotatable bonds is 7. The van der Waals surface area contributed by atoms with Crippen molar-refractivity contribution in [3.8, 4) is 0 Å². The third-order valence-corrected chi connectivity index (χ3v) is 12.9. The molecular weight excluding hydrogens is 734 g/mol. The maximum absolute atomic E-state index is 15.0. The zero-order chi connectivity index (χ0) is 39.3. The van der Waals surface area contributed by atoms with Gasteiger partial charge in [0.15, 0.2) is 5.82 Å². The molecule has 3 aromatic carbocycles. The van der Waals surface area contributed by atoms with Gasteiger partial charge in [-0.3, -0.25) is 29.7 Å². The van der Waals surface area contributed by atoms with Gasteiger partial charge in [0.25, 0.3) is 5.91 Å². The number of H-pyrrole nitrogens is 1. The van der Waals surface area contributed by atoms with Crippen molar-refractivity contribution in [3.05, 3.63) is 112 Å². The molecule has 0 spiro atoms. The first-order valence-corrected chi connectivity index (χ1v) is 20.7. The van der Waals surface area contributed by atoms with Crippen LogP contribution in [0.3, 0.4) is 0 Å². The van der Waals surface area contributed by atoms with Gasteiger partial charge in [0.05, 0.1) is 16.6 Å². The van der Waals surface area contributed by atoms with Crippen LogP contribution in [0.5, 0.6) is 0 Å². The Hall–Kier alpha value is -5.95. The fourth-order valence-corrected chi connectivity index (χ4v) is 9.87. The molecule has 3 amide bonds. The topological polar surface area (TPSA) is 131 Å². The van der Waals surface area contributed by atoms with Crippen LogP contribution in [0, 0.1) is 11.9 Å². The summed E-state index contributed by atoms with van der Waals surface area (Å²) in [7, 11) is 0. The SMILES string of the molecule is O=C1CC[C@H](N2Cc3cc(N4CCN(CC5CCN(c6ccc(C7=C(c8ccccc8)CCCc8c7ccc7[nH]nc(F)c87)nn6)CC5)CC4)ccc3C2=O)C(=O)N1. The van der Waals surface area contributed by atoms with Crippen molar-refractivity contribution in [2.24, 2.45) is 5.92 Å². The summed E-state index contributed by atoms with van der Waals surface area (Å²) in [4.78, 5) is 46.2. The number of halogens is 1. The Morgan fingerprint density at radius 1 is 0.776 bits per heavy atom. The molecule has 2 aromatic heterocycles. The number of carbonyl (C=O) groups is 3. The highest BCUT2D eigenvalue weighted by atomic mass is 19.1. The monoisotopic (exact) mass is 779 g/mol. The van der Waals surface area contributed by atoms with Crippen molar-refractivity contribution < 1.29 is 18.8 Å². The van der Waals surface area contributed by atoms with Gasteiger partial charge in [0.1, 0.15) is 6.04 Å². The second-order valence-electron chi connectivity index (χ2n) is 16.3. The van der Waals surface area contributed by atoms with E-state index in [4.69, 9.17) is 10.2 Å². The van der Waals surface area contributed by atoms with Crippen LogP contribution in [0.2, 0.25) is 0 Å². The highest BCUT2D eigenvalue weighted by Gasteiger charge is 2.39. The van der Waals surface area contributed by atoms with Crippen LogP contribution in [0.25, 0.3) is 22.0 Å². The number of carbonyl (C=O) groups excluding carboxylic acids is 3. The molecule has 0 bridgehead atoms. The smallest absolute Gasteiger partial charge is 0.255 e. The lowest BCUT2D eigenvalue weighted by Crippen LogP contribution is -2.52. The number of amides is 3. The molecule has 4 aliphatic heterocycles. The standard InChI is InChI=1S/C45H46FN9O3/c46-43-42-34-8-4-7-32(29-5-2-1-3-6-29)41(35(34)11-12-37(42)49-51-43)36-13-15-39(50-48-36)54-19-17-28(18-20-54)26-52-21-23-53(24-22-52)31-9-10-33-30(25-31)27-55(45(33)58)38-14-16-40(56)47-44(38)57/h1-3,5-6,9-13,15,25,28,38H,4,7-8,14,16-24,26-27H2,(H,49,51)(H,47,56,57)/t38-/m0/s1. The lowest BCUT2D eigenvalue weighted by Gasteiger charge is -2.39. The van der Waals surface area contributed by atoms with Crippen molar-refractivity contribution in [2.45, 2.75) is 57.5 Å². The Kier molecular flexibility index (Phi) is 9.47. The van der Waals surface area contributed by atoms with E-state index in [1.165, 1.54) is 5.57 Å². The van der Waals surface area contributed by atoms with Crippen LogP contribution in [0.15, 0.2) is 72.8 Å². The zero-order valence-corrected chi connectivity index (χ0v) is 32.4. The Balaban J connectivity index is 0.766. The van der Waals surface area contributed by atoms with Crippen LogP contribution in [0.4, 0.5) is 15.9 Å². The zero-order valence-electron chi connectivity index (χ0n) is 32.4.